The lowest BCUT2D eigenvalue weighted by Crippen LogP contribution is -2.01. The van der Waals surface area contributed by atoms with Gasteiger partial charge in [-0.2, -0.15) is 0 Å². The minimum Gasteiger partial charge on any atom is -0.113 e. The molecular weight excluding hydrogens is 320 g/mol. The second-order valence-electron chi connectivity index (χ2n) is 5.20. The van der Waals surface area contributed by atoms with Gasteiger partial charge < -0.3 is 0 Å². The first-order valence-corrected chi connectivity index (χ1v) is 7.61. The molecule has 0 radical (unpaired) electrons. The Morgan fingerprint density at radius 3 is 2.00 bits per heavy atom. The molecule has 0 aliphatic carbocycles. The van der Waals surface area contributed by atoms with Gasteiger partial charge in [-0.25, -0.2) is 0 Å². The highest BCUT2D eigenvalue weighted by atomic mass is 79.9. The highest BCUT2D eigenvalue weighted by Gasteiger charge is 2.18. The zero-order valence-corrected chi connectivity index (χ0v) is 14.1. The van der Waals surface area contributed by atoms with Crippen LogP contribution in [0, 0.1) is 27.7 Å². The van der Waals surface area contributed by atoms with Crippen molar-refractivity contribution in [1.29, 1.82) is 0 Å². The predicted octanol–water partition coefficient (Wildman–Crippen LogP) is 6.01. The van der Waals surface area contributed by atoms with Gasteiger partial charge in [-0.15, -0.1) is 11.6 Å². The van der Waals surface area contributed by atoms with Crippen LogP contribution in [0.5, 0.6) is 0 Å². The molecular formula is C17H18BrCl. The molecule has 0 bridgehead atoms. The highest BCUT2D eigenvalue weighted by molar-refractivity contribution is 9.10. The third-order valence-corrected chi connectivity index (χ3v) is 4.56. The highest BCUT2D eigenvalue weighted by Crippen LogP contribution is 2.37. The summed E-state index contributed by atoms with van der Waals surface area (Å²) < 4.78 is 1.08. The van der Waals surface area contributed by atoms with Gasteiger partial charge in [0.2, 0.25) is 0 Å². The number of hydrogen-bond donors (Lipinski definition) is 0. The van der Waals surface area contributed by atoms with Gasteiger partial charge in [-0.3, -0.25) is 0 Å². The van der Waals surface area contributed by atoms with Crippen LogP contribution in [0.15, 0.2) is 34.8 Å². The Morgan fingerprint density at radius 2 is 1.47 bits per heavy atom. The van der Waals surface area contributed by atoms with Crippen molar-refractivity contribution in [3.63, 3.8) is 0 Å². The molecule has 0 saturated carbocycles. The van der Waals surface area contributed by atoms with Gasteiger partial charge >= 0.3 is 0 Å². The summed E-state index contributed by atoms with van der Waals surface area (Å²) in [4.78, 5) is 0. The summed E-state index contributed by atoms with van der Waals surface area (Å²) in [6, 6.07) is 10.7. The first-order chi connectivity index (χ1) is 8.90. The van der Waals surface area contributed by atoms with Crippen molar-refractivity contribution in [2.75, 3.05) is 0 Å². The molecule has 0 amide bonds. The molecule has 0 saturated heterocycles. The largest absolute Gasteiger partial charge is 0.113 e. The van der Waals surface area contributed by atoms with E-state index in [2.05, 4.69) is 74.0 Å². The molecule has 19 heavy (non-hydrogen) atoms. The van der Waals surface area contributed by atoms with Crippen LogP contribution >= 0.6 is 27.5 Å². The SMILES string of the molecule is Cc1cc(C)c(C(Cl)c2ccc(C)cc2Br)c(C)c1. The maximum absolute atomic E-state index is 6.72. The van der Waals surface area contributed by atoms with Crippen LogP contribution in [0.2, 0.25) is 0 Å². The summed E-state index contributed by atoms with van der Waals surface area (Å²) >= 11 is 10.3. The fourth-order valence-electron chi connectivity index (χ4n) is 2.58. The molecule has 0 aromatic heterocycles. The van der Waals surface area contributed by atoms with Crippen molar-refractivity contribution in [3.05, 3.63) is 68.2 Å². The van der Waals surface area contributed by atoms with E-state index in [4.69, 9.17) is 11.6 Å². The van der Waals surface area contributed by atoms with Crippen LogP contribution in [-0.4, -0.2) is 0 Å². The van der Waals surface area contributed by atoms with Crippen molar-refractivity contribution in [2.24, 2.45) is 0 Å². The van der Waals surface area contributed by atoms with Crippen LogP contribution < -0.4 is 0 Å². The molecule has 2 aromatic rings. The van der Waals surface area contributed by atoms with Gasteiger partial charge in [-0.05, 0) is 61.6 Å². The smallest absolute Gasteiger partial charge is 0.0851 e. The number of hydrogen-bond acceptors (Lipinski definition) is 0. The van der Waals surface area contributed by atoms with E-state index >= 15 is 0 Å². The lowest BCUT2D eigenvalue weighted by atomic mass is 9.93. The second-order valence-corrected chi connectivity index (χ2v) is 6.49. The average molecular weight is 338 g/mol. The van der Waals surface area contributed by atoms with Gasteiger partial charge in [0.15, 0.2) is 0 Å². The van der Waals surface area contributed by atoms with E-state index in [-0.39, 0.29) is 5.38 Å². The summed E-state index contributed by atoms with van der Waals surface area (Å²) in [7, 11) is 0. The zero-order valence-electron chi connectivity index (χ0n) is 11.7. The van der Waals surface area contributed by atoms with E-state index in [9.17, 15) is 0 Å². The topological polar surface area (TPSA) is 0 Å². The minimum absolute atomic E-state index is 0.115. The lowest BCUT2D eigenvalue weighted by molar-refractivity contribution is 1.06. The minimum atomic E-state index is -0.115. The molecule has 0 heterocycles. The molecule has 0 aliphatic heterocycles. The Kier molecular flexibility index (Phi) is 4.37. The van der Waals surface area contributed by atoms with Gasteiger partial charge in [0, 0.05) is 4.47 Å². The van der Waals surface area contributed by atoms with Crippen LogP contribution in [0.4, 0.5) is 0 Å². The van der Waals surface area contributed by atoms with E-state index in [0.29, 0.717) is 0 Å². The van der Waals surface area contributed by atoms with Crippen LogP contribution in [0.3, 0.4) is 0 Å². The van der Waals surface area contributed by atoms with E-state index in [1.165, 1.54) is 27.8 Å². The molecule has 0 N–H and O–H groups in total. The maximum Gasteiger partial charge on any atom is 0.0851 e. The molecule has 1 atom stereocenters. The molecule has 2 heteroatoms. The van der Waals surface area contributed by atoms with Crippen molar-refractivity contribution >= 4 is 27.5 Å². The second kappa shape index (κ2) is 5.68. The van der Waals surface area contributed by atoms with E-state index in [1.54, 1.807) is 0 Å². The van der Waals surface area contributed by atoms with Crippen molar-refractivity contribution in [2.45, 2.75) is 33.1 Å². The standard InChI is InChI=1S/C17H18BrCl/c1-10-5-6-14(15(18)9-10)17(19)16-12(3)7-11(2)8-13(16)4/h5-9,17H,1-4H3. The predicted molar refractivity (Wildman–Crippen MR) is 87.2 cm³/mol. The molecule has 0 aliphatic rings. The fourth-order valence-corrected chi connectivity index (χ4v) is 3.97. The first kappa shape index (κ1) is 14.6. The summed E-state index contributed by atoms with van der Waals surface area (Å²) in [6.45, 7) is 8.47. The molecule has 2 aromatic carbocycles. The number of aryl methyl sites for hydroxylation is 4. The summed E-state index contributed by atoms with van der Waals surface area (Å²) in [5, 5.41) is -0.115. The Hall–Kier alpha value is -0.790. The average Bonchev–Trinajstić information content (AvgIpc) is 2.26. The molecule has 0 nitrogen and oxygen atoms in total. The van der Waals surface area contributed by atoms with E-state index in [0.717, 1.165) is 10.0 Å². The van der Waals surface area contributed by atoms with Crippen LogP contribution in [0.25, 0.3) is 0 Å². The molecule has 2 rings (SSSR count). The fraction of sp³-hybridized carbons (Fsp3) is 0.294. The molecule has 1 unspecified atom stereocenters. The number of alkyl halides is 1. The third kappa shape index (κ3) is 3.04. The quantitative estimate of drug-likeness (QED) is 0.589. The Labute approximate surface area is 128 Å². The zero-order chi connectivity index (χ0) is 14.2. The van der Waals surface area contributed by atoms with Crippen molar-refractivity contribution in [1.82, 2.24) is 0 Å². The Balaban J connectivity index is 2.53. The number of halogens is 2. The molecule has 0 fully saturated rings. The van der Waals surface area contributed by atoms with Gasteiger partial charge in [-0.1, -0.05) is 45.8 Å². The van der Waals surface area contributed by atoms with Gasteiger partial charge in [0.1, 0.15) is 0 Å². The third-order valence-electron chi connectivity index (χ3n) is 3.42. The maximum atomic E-state index is 6.72. The Bertz CT molecular complexity index is 594. The van der Waals surface area contributed by atoms with Crippen LogP contribution in [0.1, 0.15) is 38.8 Å². The van der Waals surface area contributed by atoms with Crippen molar-refractivity contribution < 1.29 is 0 Å². The normalized spacial score (nSPS) is 12.5. The van der Waals surface area contributed by atoms with Gasteiger partial charge in [0.05, 0.1) is 5.38 Å². The number of rotatable bonds is 2. The molecule has 0 spiro atoms. The number of benzene rings is 2. The van der Waals surface area contributed by atoms with Gasteiger partial charge in [0.25, 0.3) is 0 Å². The summed E-state index contributed by atoms with van der Waals surface area (Å²) in [6.07, 6.45) is 0. The summed E-state index contributed by atoms with van der Waals surface area (Å²) in [5.41, 5.74) is 7.37. The van der Waals surface area contributed by atoms with Crippen LogP contribution in [-0.2, 0) is 0 Å². The monoisotopic (exact) mass is 336 g/mol. The van der Waals surface area contributed by atoms with Crippen molar-refractivity contribution in [3.8, 4) is 0 Å². The summed E-state index contributed by atoms with van der Waals surface area (Å²) in [5.74, 6) is 0. The lowest BCUT2D eigenvalue weighted by Gasteiger charge is -2.18. The van der Waals surface area contributed by atoms with E-state index < -0.39 is 0 Å². The molecule has 100 valence electrons. The first-order valence-electron chi connectivity index (χ1n) is 6.38. The Morgan fingerprint density at radius 1 is 0.895 bits per heavy atom. The van der Waals surface area contributed by atoms with E-state index in [1.807, 2.05) is 0 Å².